The molecular weight excluding hydrogens is 382 g/mol. The van der Waals surface area contributed by atoms with Crippen LogP contribution in [0.25, 0.3) is 0 Å². The van der Waals surface area contributed by atoms with E-state index in [9.17, 15) is 20.1 Å². The Balaban J connectivity index is 1.91. The Kier molecular flexibility index (Phi) is 5.24. The molecule has 2 aliphatic rings. The summed E-state index contributed by atoms with van der Waals surface area (Å²) in [6, 6.07) is 6.28. The van der Waals surface area contributed by atoms with Gasteiger partial charge in [0, 0.05) is 18.0 Å². The Morgan fingerprint density at radius 3 is 2.37 bits per heavy atom. The van der Waals surface area contributed by atoms with Crippen molar-refractivity contribution in [1.29, 1.82) is 0 Å². The first kappa shape index (κ1) is 21.0. The summed E-state index contributed by atoms with van der Waals surface area (Å²) in [6.45, 7) is 6.46. The van der Waals surface area contributed by atoms with Crippen LogP contribution in [-0.4, -0.2) is 42.9 Å². The van der Waals surface area contributed by atoms with Crippen molar-refractivity contribution in [2.24, 2.45) is 0 Å². The van der Waals surface area contributed by atoms with Crippen LogP contribution in [0.15, 0.2) is 23.0 Å². The minimum absolute atomic E-state index is 0.0529. The molecule has 162 valence electrons. The van der Waals surface area contributed by atoms with E-state index in [2.05, 4.69) is 23.2 Å². The Morgan fingerprint density at radius 2 is 1.77 bits per heavy atom. The van der Waals surface area contributed by atoms with Gasteiger partial charge in [-0.1, -0.05) is 42.2 Å². The van der Waals surface area contributed by atoms with Crippen molar-refractivity contribution in [2.75, 3.05) is 7.05 Å². The van der Waals surface area contributed by atoms with Crippen molar-refractivity contribution in [3.05, 3.63) is 56.8 Å². The molecule has 1 saturated carbocycles. The molecule has 3 atom stereocenters. The number of aromatic nitrogens is 2. The number of hydrogen-bond donors (Lipinski definition) is 3. The number of aliphatic hydroxyl groups excluding tert-OH is 2. The van der Waals surface area contributed by atoms with Crippen molar-refractivity contribution in [3.8, 4) is 5.75 Å². The molecule has 2 aromatic rings. The molecule has 30 heavy (non-hydrogen) atoms. The zero-order chi connectivity index (χ0) is 21.8. The maximum atomic E-state index is 12.5. The van der Waals surface area contributed by atoms with E-state index in [-0.39, 0.29) is 17.6 Å². The first-order valence-corrected chi connectivity index (χ1v) is 10.7. The van der Waals surface area contributed by atoms with Gasteiger partial charge in [0.1, 0.15) is 17.6 Å². The molecule has 3 N–H and O–H groups in total. The van der Waals surface area contributed by atoms with Gasteiger partial charge in [-0.05, 0) is 46.2 Å². The number of rotatable bonds is 3. The standard InChI is InChI=1S/C23H31N3O4/c1-13-9-14(2)11-16(10-13)23(7-5-6-8-23)19(28)20-24-21(29)18(27)17-22(30)25(4)15(3)12-26(17)20/h9-11,15,19,22,27-28,30H,5-8,12H2,1-4H3/t15-,19?,22?/m0/s1. The molecule has 1 aliphatic heterocycles. The largest absolute Gasteiger partial charge is 0.502 e. The van der Waals surface area contributed by atoms with Crippen LogP contribution in [0, 0.1) is 13.8 Å². The Hall–Kier alpha value is -2.22. The van der Waals surface area contributed by atoms with Gasteiger partial charge in [0.2, 0.25) is 5.75 Å². The molecular formula is C23H31N3O4. The quantitative estimate of drug-likeness (QED) is 0.715. The molecule has 2 unspecified atom stereocenters. The highest BCUT2D eigenvalue weighted by Crippen LogP contribution is 2.50. The zero-order valence-electron chi connectivity index (χ0n) is 18.1. The van der Waals surface area contributed by atoms with Gasteiger partial charge in [-0.15, -0.1) is 0 Å². The molecule has 0 amide bonds. The molecule has 0 radical (unpaired) electrons. The number of aryl methyl sites for hydroxylation is 2. The van der Waals surface area contributed by atoms with Crippen molar-refractivity contribution in [3.63, 3.8) is 0 Å². The monoisotopic (exact) mass is 413 g/mol. The normalized spacial score (nSPS) is 24.6. The average Bonchev–Trinajstić information content (AvgIpc) is 3.18. The number of likely N-dealkylation sites (N-methyl/N-ethyl adjacent to an activating group) is 1. The average molecular weight is 414 g/mol. The third-order valence-electron chi connectivity index (χ3n) is 7.06. The van der Waals surface area contributed by atoms with Crippen molar-refractivity contribution < 1.29 is 15.3 Å². The minimum atomic E-state index is -1.14. The number of aliphatic hydroxyl groups is 2. The number of hydrogen-bond acceptors (Lipinski definition) is 6. The molecule has 1 fully saturated rings. The second kappa shape index (κ2) is 7.48. The summed E-state index contributed by atoms with van der Waals surface area (Å²) in [5, 5.41) is 32.8. The predicted molar refractivity (Wildman–Crippen MR) is 113 cm³/mol. The fraction of sp³-hybridized carbons (Fsp3) is 0.565. The van der Waals surface area contributed by atoms with Gasteiger partial charge >= 0.3 is 5.56 Å². The SMILES string of the molecule is Cc1cc(C)cc(C2(C(O)c3nc(=O)c(O)c4n3C[C@H](C)N(C)C4O)CCCC2)c1. The van der Waals surface area contributed by atoms with Crippen molar-refractivity contribution in [1.82, 2.24) is 14.5 Å². The van der Waals surface area contributed by atoms with Gasteiger partial charge < -0.3 is 19.9 Å². The lowest BCUT2D eigenvalue weighted by Crippen LogP contribution is -2.46. The van der Waals surface area contributed by atoms with Crippen LogP contribution in [0.3, 0.4) is 0 Å². The number of benzene rings is 1. The van der Waals surface area contributed by atoms with Crippen LogP contribution in [0.4, 0.5) is 0 Å². The number of nitrogens with zero attached hydrogens (tertiary/aromatic N) is 3. The van der Waals surface area contributed by atoms with Gasteiger partial charge in [-0.3, -0.25) is 9.69 Å². The Bertz CT molecular complexity index is 1010. The third kappa shape index (κ3) is 3.16. The van der Waals surface area contributed by atoms with Crippen LogP contribution < -0.4 is 5.56 Å². The van der Waals surface area contributed by atoms with E-state index in [4.69, 9.17) is 0 Å². The van der Waals surface area contributed by atoms with E-state index in [0.29, 0.717) is 6.54 Å². The van der Waals surface area contributed by atoms with Gasteiger partial charge in [0.05, 0.1) is 0 Å². The van der Waals surface area contributed by atoms with Gasteiger partial charge in [0.15, 0.2) is 6.23 Å². The summed E-state index contributed by atoms with van der Waals surface area (Å²) in [4.78, 5) is 18.3. The molecule has 1 aromatic carbocycles. The summed E-state index contributed by atoms with van der Waals surface area (Å²) in [5.41, 5.74) is 2.07. The summed E-state index contributed by atoms with van der Waals surface area (Å²) < 4.78 is 1.65. The molecule has 4 rings (SSSR count). The van der Waals surface area contributed by atoms with E-state index in [1.807, 2.05) is 20.8 Å². The predicted octanol–water partition coefficient (Wildman–Crippen LogP) is 2.44. The first-order valence-electron chi connectivity index (χ1n) is 10.7. The van der Waals surface area contributed by atoms with Crippen molar-refractivity contribution in [2.45, 2.75) is 76.8 Å². The second-order valence-corrected chi connectivity index (χ2v) is 9.15. The van der Waals surface area contributed by atoms with Crippen LogP contribution >= 0.6 is 0 Å². The van der Waals surface area contributed by atoms with Crippen LogP contribution in [0.5, 0.6) is 5.75 Å². The Morgan fingerprint density at radius 1 is 1.17 bits per heavy atom. The molecule has 7 nitrogen and oxygen atoms in total. The van der Waals surface area contributed by atoms with E-state index in [1.54, 1.807) is 16.5 Å². The van der Waals surface area contributed by atoms with Gasteiger partial charge in [0.25, 0.3) is 0 Å². The minimum Gasteiger partial charge on any atom is -0.502 e. The van der Waals surface area contributed by atoms with Crippen LogP contribution in [-0.2, 0) is 12.0 Å². The lowest BCUT2D eigenvalue weighted by atomic mass is 9.73. The highest BCUT2D eigenvalue weighted by molar-refractivity contribution is 5.38. The molecule has 7 heteroatoms. The van der Waals surface area contributed by atoms with E-state index < -0.39 is 29.1 Å². The molecule has 0 bridgehead atoms. The zero-order valence-corrected chi connectivity index (χ0v) is 18.1. The summed E-state index contributed by atoms with van der Waals surface area (Å²) in [5.74, 6) is -0.322. The highest BCUT2D eigenvalue weighted by Gasteiger charge is 2.46. The second-order valence-electron chi connectivity index (χ2n) is 9.15. The molecule has 0 saturated heterocycles. The fourth-order valence-electron chi connectivity index (χ4n) is 5.30. The molecule has 1 aliphatic carbocycles. The van der Waals surface area contributed by atoms with E-state index in [1.165, 1.54) is 0 Å². The number of aromatic hydroxyl groups is 1. The van der Waals surface area contributed by atoms with Gasteiger partial charge in [-0.2, -0.15) is 4.98 Å². The summed E-state index contributed by atoms with van der Waals surface area (Å²) >= 11 is 0. The molecule has 2 heterocycles. The first-order chi connectivity index (χ1) is 14.2. The lowest BCUT2D eigenvalue weighted by molar-refractivity contribution is -0.0382. The topological polar surface area (TPSA) is 98.8 Å². The van der Waals surface area contributed by atoms with E-state index in [0.717, 1.165) is 42.4 Å². The summed E-state index contributed by atoms with van der Waals surface area (Å²) in [6.07, 6.45) is 1.40. The van der Waals surface area contributed by atoms with Gasteiger partial charge in [-0.25, -0.2) is 0 Å². The number of fused-ring (bicyclic) bond motifs is 1. The smallest absolute Gasteiger partial charge is 0.315 e. The van der Waals surface area contributed by atoms with Crippen LogP contribution in [0.2, 0.25) is 0 Å². The summed E-state index contributed by atoms with van der Waals surface area (Å²) in [7, 11) is 1.74. The maximum absolute atomic E-state index is 12.5. The third-order valence-corrected chi connectivity index (χ3v) is 7.06. The van der Waals surface area contributed by atoms with E-state index >= 15 is 0 Å². The fourth-order valence-corrected chi connectivity index (χ4v) is 5.30. The lowest BCUT2D eigenvalue weighted by Gasteiger charge is -2.41. The van der Waals surface area contributed by atoms with Crippen molar-refractivity contribution >= 4 is 0 Å². The highest BCUT2D eigenvalue weighted by atomic mass is 16.3. The molecule has 1 aromatic heterocycles. The van der Waals surface area contributed by atoms with Crippen LogP contribution in [0.1, 0.15) is 73.1 Å². The maximum Gasteiger partial charge on any atom is 0.315 e. The Labute approximate surface area is 176 Å². The molecule has 0 spiro atoms.